The second kappa shape index (κ2) is 5.52. The molecule has 0 saturated carbocycles. The Bertz CT molecular complexity index is 378. The van der Waals surface area contributed by atoms with Crippen molar-refractivity contribution in [1.29, 1.82) is 0 Å². The fraction of sp³-hybridized carbons (Fsp3) is 0.571. The Balaban J connectivity index is 1.94. The van der Waals surface area contributed by atoms with Crippen LogP contribution in [-0.4, -0.2) is 31.3 Å². The van der Waals surface area contributed by atoms with Crippen molar-refractivity contribution in [3.05, 3.63) is 29.3 Å². The van der Waals surface area contributed by atoms with Crippen molar-refractivity contribution in [1.82, 2.24) is 5.32 Å². The van der Waals surface area contributed by atoms with E-state index < -0.39 is 0 Å². The Morgan fingerprint density at radius 3 is 3.06 bits per heavy atom. The van der Waals surface area contributed by atoms with E-state index in [2.05, 4.69) is 42.4 Å². The summed E-state index contributed by atoms with van der Waals surface area (Å²) in [7, 11) is 2.15. The Morgan fingerprint density at radius 2 is 2.29 bits per heavy atom. The lowest BCUT2D eigenvalue weighted by molar-refractivity contribution is 0.268. The molecule has 0 aromatic heterocycles. The molecule has 0 amide bonds. The summed E-state index contributed by atoms with van der Waals surface area (Å²) in [6, 6.07) is 7.09. The average molecular weight is 234 g/mol. The van der Waals surface area contributed by atoms with Crippen LogP contribution < -0.4 is 10.2 Å². The highest BCUT2D eigenvalue weighted by atomic mass is 16.3. The van der Waals surface area contributed by atoms with Gasteiger partial charge in [0.1, 0.15) is 0 Å². The van der Waals surface area contributed by atoms with Gasteiger partial charge in [0.15, 0.2) is 0 Å². The summed E-state index contributed by atoms with van der Waals surface area (Å²) in [6.07, 6.45) is 1.97. The van der Waals surface area contributed by atoms with Crippen molar-refractivity contribution in [2.45, 2.75) is 32.4 Å². The number of aliphatic hydroxyl groups is 1. The van der Waals surface area contributed by atoms with Crippen molar-refractivity contribution >= 4 is 5.69 Å². The molecule has 17 heavy (non-hydrogen) atoms. The topological polar surface area (TPSA) is 35.5 Å². The zero-order valence-corrected chi connectivity index (χ0v) is 10.7. The second-order valence-corrected chi connectivity index (χ2v) is 4.93. The number of benzene rings is 1. The predicted octanol–water partition coefficient (Wildman–Crippen LogP) is 1.54. The first-order valence-corrected chi connectivity index (χ1v) is 6.38. The fourth-order valence-electron chi connectivity index (χ4n) is 2.32. The highest BCUT2D eigenvalue weighted by molar-refractivity contribution is 5.58. The van der Waals surface area contributed by atoms with Crippen LogP contribution in [0.4, 0.5) is 5.69 Å². The Morgan fingerprint density at radius 1 is 1.47 bits per heavy atom. The highest BCUT2D eigenvalue weighted by Crippen LogP contribution is 2.27. The summed E-state index contributed by atoms with van der Waals surface area (Å²) in [5.41, 5.74) is 4.17. The highest BCUT2D eigenvalue weighted by Gasteiger charge is 2.15. The number of fused-ring (bicyclic) bond motifs is 1. The van der Waals surface area contributed by atoms with E-state index in [9.17, 15) is 0 Å². The molecule has 0 bridgehead atoms. The summed E-state index contributed by atoms with van der Waals surface area (Å²) in [6.45, 7) is 4.38. The van der Waals surface area contributed by atoms with E-state index in [-0.39, 0.29) is 6.61 Å². The zero-order valence-electron chi connectivity index (χ0n) is 10.7. The van der Waals surface area contributed by atoms with E-state index >= 15 is 0 Å². The maximum atomic E-state index is 8.84. The molecular weight excluding hydrogens is 212 g/mol. The van der Waals surface area contributed by atoms with Crippen LogP contribution >= 0.6 is 0 Å². The van der Waals surface area contributed by atoms with Gasteiger partial charge >= 0.3 is 0 Å². The van der Waals surface area contributed by atoms with Gasteiger partial charge in [0.2, 0.25) is 0 Å². The number of likely N-dealkylation sites (N-methyl/N-ethyl adjacent to an activating group) is 1. The molecule has 3 heteroatoms. The molecule has 0 spiro atoms. The van der Waals surface area contributed by atoms with Crippen LogP contribution in [0.1, 0.15) is 24.5 Å². The number of hydrogen-bond acceptors (Lipinski definition) is 3. The van der Waals surface area contributed by atoms with Crippen molar-refractivity contribution in [2.75, 3.05) is 25.1 Å². The lowest BCUT2D eigenvalue weighted by Gasteiger charge is -2.14. The Labute approximate surface area is 103 Å². The summed E-state index contributed by atoms with van der Waals surface area (Å²) in [5.74, 6) is 0. The van der Waals surface area contributed by atoms with Gasteiger partial charge in [-0.05, 0) is 37.0 Å². The second-order valence-electron chi connectivity index (χ2n) is 4.93. The van der Waals surface area contributed by atoms with Gasteiger partial charge in [-0.2, -0.15) is 0 Å². The zero-order chi connectivity index (χ0) is 12.3. The standard InChI is InChI=1S/C14H22N2O/c1-11(6-8-17)15-10-12-3-4-14-13(9-12)5-7-16(14)2/h3-4,9,11,15,17H,5-8,10H2,1-2H3. The van der Waals surface area contributed by atoms with E-state index in [0.29, 0.717) is 6.04 Å². The van der Waals surface area contributed by atoms with E-state index in [0.717, 1.165) is 25.9 Å². The number of nitrogens with one attached hydrogen (secondary N) is 1. The average Bonchev–Trinajstić information content (AvgIpc) is 2.69. The van der Waals surface area contributed by atoms with E-state index in [4.69, 9.17) is 5.11 Å². The molecule has 1 atom stereocenters. The molecule has 1 aromatic rings. The first-order valence-electron chi connectivity index (χ1n) is 6.38. The number of hydrogen-bond donors (Lipinski definition) is 2. The summed E-state index contributed by atoms with van der Waals surface area (Å²) in [4.78, 5) is 2.31. The fourth-order valence-corrected chi connectivity index (χ4v) is 2.32. The molecular formula is C14H22N2O. The molecule has 1 unspecified atom stereocenters. The lowest BCUT2D eigenvalue weighted by Crippen LogP contribution is -2.26. The van der Waals surface area contributed by atoms with Gasteiger partial charge in [-0.15, -0.1) is 0 Å². The molecule has 2 N–H and O–H groups in total. The third kappa shape index (κ3) is 2.99. The third-order valence-corrected chi connectivity index (χ3v) is 3.49. The van der Waals surface area contributed by atoms with E-state index in [1.807, 2.05) is 0 Å². The minimum Gasteiger partial charge on any atom is -0.396 e. The van der Waals surface area contributed by atoms with Crippen molar-refractivity contribution in [2.24, 2.45) is 0 Å². The SMILES string of the molecule is CC(CCO)NCc1ccc2c(c1)CCN2C. The number of aliphatic hydroxyl groups excluding tert-OH is 1. The first kappa shape index (κ1) is 12.4. The van der Waals surface area contributed by atoms with Crippen LogP contribution in [-0.2, 0) is 13.0 Å². The first-order chi connectivity index (χ1) is 8.20. The molecule has 3 nitrogen and oxygen atoms in total. The van der Waals surface area contributed by atoms with Gasteiger partial charge in [-0.1, -0.05) is 12.1 Å². The molecule has 0 aliphatic carbocycles. The summed E-state index contributed by atoms with van der Waals surface area (Å²) < 4.78 is 0. The number of nitrogens with zero attached hydrogens (tertiary/aromatic N) is 1. The lowest BCUT2D eigenvalue weighted by atomic mass is 10.1. The van der Waals surface area contributed by atoms with Crippen LogP contribution in [0.15, 0.2) is 18.2 Å². The van der Waals surface area contributed by atoms with Gasteiger partial charge in [0, 0.05) is 38.5 Å². The monoisotopic (exact) mass is 234 g/mol. The maximum Gasteiger partial charge on any atom is 0.0445 e. The van der Waals surface area contributed by atoms with Gasteiger partial charge < -0.3 is 15.3 Å². The van der Waals surface area contributed by atoms with Crippen LogP contribution in [0, 0.1) is 0 Å². The Hall–Kier alpha value is -1.06. The normalized spacial score (nSPS) is 16.1. The third-order valence-electron chi connectivity index (χ3n) is 3.49. The molecule has 0 saturated heterocycles. The predicted molar refractivity (Wildman–Crippen MR) is 71.4 cm³/mol. The van der Waals surface area contributed by atoms with Crippen LogP contribution in [0.3, 0.4) is 0 Å². The van der Waals surface area contributed by atoms with Crippen molar-refractivity contribution in [3.8, 4) is 0 Å². The van der Waals surface area contributed by atoms with Crippen molar-refractivity contribution in [3.63, 3.8) is 0 Å². The van der Waals surface area contributed by atoms with Crippen LogP contribution in [0.2, 0.25) is 0 Å². The summed E-state index contributed by atoms with van der Waals surface area (Å²) in [5, 5.41) is 12.3. The summed E-state index contributed by atoms with van der Waals surface area (Å²) >= 11 is 0. The molecule has 0 fully saturated rings. The van der Waals surface area contributed by atoms with E-state index in [1.165, 1.54) is 16.8 Å². The van der Waals surface area contributed by atoms with E-state index in [1.54, 1.807) is 0 Å². The molecule has 1 aromatic carbocycles. The molecule has 1 aliphatic heterocycles. The minimum absolute atomic E-state index is 0.253. The molecule has 0 radical (unpaired) electrons. The number of anilines is 1. The van der Waals surface area contributed by atoms with Crippen molar-refractivity contribution < 1.29 is 5.11 Å². The molecule has 1 aliphatic rings. The molecule has 94 valence electrons. The quantitative estimate of drug-likeness (QED) is 0.811. The van der Waals surface area contributed by atoms with Gasteiger partial charge in [-0.25, -0.2) is 0 Å². The maximum absolute atomic E-state index is 8.84. The van der Waals surface area contributed by atoms with Crippen LogP contribution in [0.25, 0.3) is 0 Å². The minimum atomic E-state index is 0.253. The largest absolute Gasteiger partial charge is 0.396 e. The van der Waals surface area contributed by atoms with Gasteiger partial charge in [0.05, 0.1) is 0 Å². The number of rotatable bonds is 5. The van der Waals surface area contributed by atoms with Gasteiger partial charge in [-0.3, -0.25) is 0 Å². The smallest absolute Gasteiger partial charge is 0.0445 e. The molecule has 2 rings (SSSR count). The Kier molecular flexibility index (Phi) is 4.02. The molecule has 1 heterocycles. The van der Waals surface area contributed by atoms with Gasteiger partial charge in [0.25, 0.3) is 0 Å². The van der Waals surface area contributed by atoms with Crippen LogP contribution in [0.5, 0.6) is 0 Å².